The van der Waals surface area contributed by atoms with Crippen LogP contribution in [0.15, 0.2) is 17.7 Å². The van der Waals surface area contributed by atoms with E-state index < -0.39 is 11.5 Å². The summed E-state index contributed by atoms with van der Waals surface area (Å²) in [6.07, 6.45) is 3.34. The van der Waals surface area contributed by atoms with Gasteiger partial charge in [-0.1, -0.05) is 6.92 Å². The number of carboxylic acids is 1. The summed E-state index contributed by atoms with van der Waals surface area (Å²) < 4.78 is 0. The lowest BCUT2D eigenvalue weighted by Gasteiger charge is -2.22. The van der Waals surface area contributed by atoms with Gasteiger partial charge >= 0.3 is 5.97 Å². The lowest BCUT2D eigenvalue weighted by atomic mass is 9.98. The Balaban J connectivity index is 2.13. The summed E-state index contributed by atoms with van der Waals surface area (Å²) >= 11 is 1.46. The van der Waals surface area contributed by atoms with Gasteiger partial charge in [0.05, 0.1) is 6.33 Å². The van der Waals surface area contributed by atoms with E-state index in [1.54, 1.807) is 6.33 Å². The molecule has 2 unspecified atom stereocenters. The number of H-pyrrole nitrogens is 1. The summed E-state index contributed by atoms with van der Waals surface area (Å²) in [5, 5.41) is 9.77. The normalized spacial score (nSPS) is 16.2. The smallest absolute Gasteiger partial charge is 0.323 e. The van der Waals surface area contributed by atoms with Crippen molar-refractivity contribution in [3.05, 3.63) is 12.7 Å². The van der Waals surface area contributed by atoms with Gasteiger partial charge in [-0.3, -0.25) is 4.79 Å². The second-order valence-corrected chi connectivity index (χ2v) is 6.06. The number of aromatic nitrogens is 4. The number of thioether (sulfide) groups is 1. The van der Waals surface area contributed by atoms with Gasteiger partial charge in [0.15, 0.2) is 5.65 Å². The zero-order valence-corrected chi connectivity index (χ0v) is 11.4. The van der Waals surface area contributed by atoms with Gasteiger partial charge in [0.25, 0.3) is 0 Å². The summed E-state index contributed by atoms with van der Waals surface area (Å²) in [7, 11) is 0. The second-order valence-electron chi connectivity index (χ2n) is 4.64. The lowest BCUT2D eigenvalue weighted by molar-refractivity contribution is -0.142. The summed E-state index contributed by atoms with van der Waals surface area (Å²) in [5.74, 6) is -1.01. The topological polar surface area (TPSA) is 118 Å². The van der Waals surface area contributed by atoms with Crippen LogP contribution in [0, 0.1) is 0 Å². The number of aromatic amines is 1. The Labute approximate surface area is 114 Å². The molecule has 2 aromatic rings. The number of carbonyl (C=O) groups is 1. The minimum Gasteiger partial charge on any atom is -0.480 e. The van der Waals surface area contributed by atoms with Crippen molar-refractivity contribution in [1.82, 2.24) is 19.9 Å². The van der Waals surface area contributed by atoms with Crippen LogP contribution in [-0.2, 0) is 4.79 Å². The molecule has 7 nitrogen and oxygen atoms in total. The molecule has 102 valence electrons. The number of carboxylic acid groups (broad SMARTS) is 1. The number of rotatable bonds is 5. The monoisotopic (exact) mass is 281 g/mol. The van der Waals surface area contributed by atoms with E-state index in [2.05, 4.69) is 19.9 Å². The van der Waals surface area contributed by atoms with Crippen LogP contribution in [0.25, 0.3) is 11.2 Å². The van der Waals surface area contributed by atoms with Crippen LogP contribution >= 0.6 is 11.8 Å². The molecule has 0 aliphatic rings. The van der Waals surface area contributed by atoms with Crippen LogP contribution in [0.1, 0.15) is 20.3 Å². The van der Waals surface area contributed by atoms with Gasteiger partial charge < -0.3 is 15.8 Å². The minimum atomic E-state index is -1.24. The van der Waals surface area contributed by atoms with Crippen LogP contribution in [-0.4, -0.2) is 41.8 Å². The highest BCUT2D eigenvalue weighted by atomic mass is 32.2. The quantitative estimate of drug-likeness (QED) is 0.553. The zero-order valence-electron chi connectivity index (χ0n) is 10.6. The standard InChI is InChI=1S/C11H15N5O2S/c1-6(3-11(2,12)10(17)18)19-9-7-8(14-4-13-7)15-5-16-9/h4-6H,3,12H2,1-2H3,(H,17,18)(H,13,14,15,16). The fraction of sp³-hybridized carbons (Fsp3) is 0.455. The molecule has 2 rings (SSSR count). The molecule has 0 spiro atoms. The maximum absolute atomic E-state index is 11.0. The maximum Gasteiger partial charge on any atom is 0.323 e. The summed E-state index contributed by atoms with van der Waals surface area (Å²) in [5.41, 5.74) is 5.85. The fourth-order valence-corrected chi connectivity index (χ4v) is 2.94. The first-order valence-electron chi connectivity index (χ1n) is 5.73. The molecule has 2 atom stereocenters. The van der Waals surface area contributed by atoms with Crippen molar-refractivity contribution < 1.29 is 9.90 Å². The molecule has 0 bridgehead atoms. The van der Waals surface area contributed by atoms with Crippen molar-refractivity contribution in [3.8, 4) is 0 Å². The highest BCUT2D eigenvalue weighted by Gasteiger charge is 2.30. The SMILES string of the molecule is CC(CC(C)(N)C(=O)O)Sc1ncnc2nc[nH]c12. The van der Waals surface area contributed by atoms with Crippen LogP contribution < -0.4 is 5.73 Å². The molecule has 19 heavy (non-hydrogen) atoms. The number of nitrogens with zero attached hydrogens (tertiary/aromatic N) is 3. The number of imidazole rings is 1. The third kappa shape index (κ3) is 3.02. The number of hydrogen-bond donors (Lipinski definition) is 3. The van der Waals surface area contributed by atoms with Crippen molar-refractivity contribution in [2.75, 3.05) is 0 Å². The third-order valence-corrected chi connectivity index (χ3v) is 3.80. The molecule has 2 aromatic heterocycles. The van der Waals surface area contributed by atoms with Crippen molar-refractivity contribution in [1.29, 1.82) is 0 Å². The Morgan fingerprint density at radius 3 is 3.00 bits per heavy atom. The molecule has 0 aromatic carbocycles. The van der Waals surface area contributed by atoms with Gasteiger partial charge in [0, 0.05) is 5.25 Å². The molecule has 4 N–H and O–H groups in total. The molecule has 0 aliphatic carbocycles. The van der Waals surface area contributed by atoms with Crippen LogP contribution in [0.2, 0.25) is 0 Å². The van der Waals surface area contributed by atoms with Crippen molar-refractivity contribution in [2.24, 2.45) is 5.73 Å². The first-order valence-corrected chi connectivity index (χ1v) is 6.61. The van der Waals surface area contributed by atoms with E-state index in [0.717, 1.165) is 10.5 Å². The fourth-order valence-electron chi connectivity index (χ4n) is 1.75. The molecular weight excluding hydrogens is 266 g/mol. The van der Waals surface area contributed by atoms with Crippen molar-refractivity contribution in [2.45, 2.75) is 36.1 Å². The number of aliphatic carboxylic acids is 1. The summed E-state index contributed by atoms with van der Waals surface area (Å²) in [6.45, 7) is 3.43. The van der Waals surface area contributed by atoms with E-state index in [1.807, 2.05) is 6.92 Å². The summed E-state index contributed by atoms with van der Waals surface area (Å²) in [6, 6.07) is 0. The predicted octanol–water partition coefficient (Wildman–Crippen LogP) is 1.03. The van der Waals surface area contributed by atoms with Gasteiger partial charge in [-0.25, -0.2) is 15.0 Å². The minimum absolute atomic E-state index is 0.00694. The average molecular weight is 281 g/mol. The van der Waals surface area contributed by atoms with E-state index in [1.165, 1.54) is 25.0 Å². The highest BCUT2D eigenvalue weighted by Crippen LogP contribution is 2.29. The average Bonchev–Trinajstić information content (AvgIpc) is 2.77. The molecule has 0 fully saturated rings. The van der Waals surface area contributed by atoms with Crippen LogP contribution in [0.5, 0.6) is 0 Å². The molecular formula is C11H15N5O2S. The maximum atomic E-state index is 11.0. The molecule has 0 saturated carbocycles. The van der Waals surface area contributed by atoms with E-state index >= 15 is 0 Å². The Morgan fingerprint density at radius 1 is 1.58 bits per heavy atom. The van der Waals surface area contributed by atoms with Crippen LogP contribution in [0.4, 0.5) is 0 Å². The van der Waals surface area contributed by atoms with E-state index in [-0.39, 0.29) is 5.25 Å². The van der Waals surface area contributed by atoms with Crippen molar-refractivity contribution >= 4 is 28.9 Å². The van der Waals surface area contributed by atoms with Gasteiger partial charge in [0.2, 0.25) is 0 Å². The van der Waals surface area contributed by atoms with Crippen molar-refractivity contribution in [3.63, 3.8) is 0 Å². The first-order chi connectivity index (χ1) is 8.90. The largest absolute Gasteiger partial charge is 0.480 e. The number of fused-ring (bicyclic) bond motifs is 1. The van der Waals surface area contributed by atoms with E-state index in [0.29, 0.717) is 12.1 Å². The molecule has 0 radical (unpaired) electrons. The van der Waals surface area contributed by atoms with Gasteiger partial charge in [0.1, 0.15) is 22.4 Å². The summed E-state index contributed by atoms with van der Waals surface area (Å²) in [4.78, 5) is 26.2. The van der Waals surface area contributed by atoms with E-state index in [9.17, 15) is 4.79 Å². The zero-order chi connectivity index (χ0) is 14.0. The Morgan fingerprint density at radius 2 is 2.32 bits per heavy atom. The van der Waals surface area contributed by atoms with E-state index in [4.69, 9.17) is 10.8 Å². The Hall–Kier alpha value is -1.67. The number of hydrogen-bond acceptors (Lipinski definition) is 6. The van der Waals surface area contributed by atoms with Gasteiger partial charge in [-0.15, -0.1) is 11.8 Å². The highest BCUT2D eigenvalue weighted by molar-refractivity contribution is 8.00. The lowest BCUT2D eigenvalue weighted by Crippen LogP contribution is -2.46. The number of nitrogens with one attached hydrogen (secondary N) is 1. The molecule has 8 heteroatoms. The predicted molar refractivity (Wildman–Crippen MR) is 71.8 cm³/mol. The molecule has 0 amide bonds. The van der Waals surface area contributed by atoms with Crippen LogP contribution in [0.3, 0.4) is 0 Å². The molecule has 0 aliphatic heterocycles. The second kappa shape index (κ2) is 5.14. The molecule has 0 saturated heterocycles. The third-order valence-electron chi connectivity index (χ3n) is 2.70. The number of nitrogens with two attached hydrogens (primary N) is 1. The van der Waals surface area contributed by atoms with Gasteiger partial charge in [-0.05, 0) is 13.3 Å². The Bertz CT molecular complexity index is 598. The first kappa shape index (κ1) is 13.8. The van der Waals surface area contributed by atoms with Gasteiger partial charge in [-0.2, -0.15) is 0 Å². The Kier molecular flexibility index (Phi) is 3.72. The molecule has 2 heterocycles.